The molecule has 0 heterocycles. The molecule has 0 unspecified atom stereocenters. The van der Waals surface area contributed by atoms with Gasteiger partial charge in [0.2, 0.25) is 0 Å². The van der Waals surface area contributed by atoms with Crippen molar-refractivity contribution < 1.29 is 5.11 Å². The van der Waals surface area contributed by atoms with Crippen LogP contribution in [-0.4, -0.2) is 11.2 Å². The zero-order chi connectivity index (χ0) is 16.2. The smallest absolute Gasteiger partial charge is 0.0624 e. The van der Waals surface area contributed by atoms with Crippen LogP contribution >= 0.6 is 0 Å². The Morgan fingerprint density at radius 3 is 2.48 bits per heavy atom. The number of rotatable bonds is 1. The zero-order valence-corrected chi connectivity index (χ0v) is 14.9. The molecule has 2 nitrogen and oxygen atoms in total. The first-order valence-electron chi connectivity index (χ1n) is 10.0. The predicted octanol–water partition coefficient (Wildman–Crippen LogP) is 4.92. The Hall–Kier alpha value is -0.550. The van der Waals surface area contributed by atoms with Crippen molar-refractivity contribution in [2.45, 2.75) is 84.2 Å². The maximum atomic E-state index is 10.1. The van der Waals surface area contributed by atoms with Gasteiger partial charge < -0.3 is 5.11 Å². The number of nitriles is 1. The van der Waals surface area contributed by atoms with Gasteiger partial charge in [-0.2, -0.15) is 5.26 Å². The van der Waals surface area contributed by atoms with Crippen LogP contribution in [0.1, 0.15) is 78.1 Å². The highest BCUT2D eigenvalue weighted by atomic mass is 16.3. The molecule has 0 bridgehead atoms. The number of hydrogen-bond donors (Lipinski definition) is 1. The van der Waals surface area contributed by atoms with E-state index in [1.165, 1.54) is 44.9 Å². The van der Waals surface area contributed by atoms with Gasteiger partial charge in [-0.1, -0.05) is 13.8 Å². The Labute approximate surface area is 141 Å². The zero-order valence-electron chi connectivity index (χ0n) is 14.9. The molecular weight excluding hydrogens is 282 g/mol. The van der Waals surface area contributed by atoms with Crippen LogP contribution < -0.4 is 0 Å². The summed E-state index contributed by atoms with van der Waals surface area (Å²) in [6.45, 7) is 5.08. The van der Waals surface area contributed by atoms with Crippen molar-refractivity contribution in [1.29, 1.82) is 5.26 Å². The molecule has 4 rings (SSSR count). The first-order valence-corrected chi connectivity index (χ1v) is 10.0. The van der Waals surface area contributed by atoms with E-state index in [0.29, 0.717) is 16.7 Å². The highest BCUT2D eigenvalue weighted by Gasteiger charge is 2.59. The number of nitrogens with zero attached hydrogens (tertiary/aromatic N) is 1. The van der Waals surface area contributed by atoms with Gasteiger partial charge in [-0.3, -0.25) is 0 Å². The molecule has 0 aliphatic heterocycles. The largest absolute Gasteiger partial charge is 0.393 e. The maximum Gasteiger partial charge on any atom is 0.0624 e. The van der Waals surface area contributed by atoms with Gasteiger partial charge in [0, 0.05) is 6.42 Å². The molecule has 128 valence electrons. The average Bonchev–Trinajstić information content (AvgIpc) is 2.85. The third-order valence-corrected chi connectivity index (χ3v) is 9.17. The highest BCUT2D eigenvalue weighted by Crippen LogP contribution is 2.67. The molecule has 4 aliphatic carbocycles. The molecule has 0 amide bonds. The molecule has 0 aromatic rings. The van der Waals surface area contributed by atoms with Gasteiger partial charge >= 0.3 is 0 Å². The quantitative estimate of drug-likeness (QED) is 0.746. The van der Waals surface area contributed by atoms with Gasteiger partial charge in [0.1, 0.15) is 0 Å². The fourth-order valence-corrected chi connectivity index (χ4v) is 7.79. The summed E-state index contributed by atoms with van der Waals surface area (Å²) in [6, 6.07) is 2.47. The third kappa shape index (κ3) is 2.22. The summed E-state index contributed by atoms with van der Waals surface area (Å²) in [5, 5.41) is 19.3. The van der Waals surface area contributed by atoms with E-state index >= 15 is 0 Å². The standard InChI is InChI=1S/C21H33NO/c1-20-11-8-19-17(18(20)6-4-14(20)9-12-22)5-3-15-13-16(23)7-10-21(15,19)2/h14-19,23H,3-11,13H2,1-2H3/t14-,15-,16+,17+,18+,19+,20-,21+/m1/s1. The molecule has 1 N–H and O–H groups in total. The Bertz CT molecular complexity index is 510. The second-order valence-electron chi connectivity index (χ2n) is 9.77. The minimum absolute atomic E-state index is 0.0371. The minimum atomic E-state index is -0.0371. The van der Waals surface area contributed by atoms with Crippen LogP contribution in [0.3, 0.4) is 0 Å². The first-order chi connectivity index (χ1) is 11.0. The van der Waals surface area contributed by atoms with Crippen LogP contribution in [-0.2, 0) is 0 Å². The van der Waals surface area contributed by atoms with Crippen molar-refractivity contribution in [3.8, 4) is 6.07 Å². The highest BCUT2D eigenvalue weighted by molar-refractivity contribution is 5.09. The summed E-state index contributed by atoms with van der Waals surface area (Å²) in [5.41, 5.74) is 0.922. The van der Waals surface area contributed by atoms with E-state index in [2.05, 4.69) is 19.9 Å². The Kier molecular flexibility index (Phi) is 3.80. The van der Waals surface area contributed by atoms with E-state index in [1.54, 1.807) is 0 Å². The van der Waals surface area contributed by atoms with Crippen LogP contribution in [0.2, 0.25) is 0 Å². The lowest BCUT2D eigenvalue weighted by Crippen LogP contribution is -2.53. The molecule has 4 aliphatic rings. The topological polar surface area (TPSA) is 44.0 Å². The molecule has 0 aromatic heterocycles. The van der Waals surface area contributed by atoms with Crippen LogP contribution in [0.4, 0.5) is 0 Å². The van der Waals surface area contributed by atoms with E-state index in [0.717, 1.165) is 42.9 Å². The lowest BCUT2D eigenvalue weighted by atomic mass is 9.44. The van der Waals surface area contributed by atoms with Crippen LogP contribution in [0.25, 0.3) is 0 Å². The second kappa shape index (κ2) is 5.48. The van der Waals surface area contributed by atoms with E-state index in [-0.39, 0.29) is 6.10 Å². The number of aliphatic hydroxyl groups is 1. The van der Waals surface area contributed by atoms with Crippen LogP contribution in [0.5, 0.6) is 0 Å². The SMILES string of the molecule is C[C@]12CC[C@H](O)C[C@H]1CC[C@@H]1[C@@H]2CC[C@]2(C)[C@@H](CC#N)CC[C@@H]12. The molecule has 0 saturated heterocycles. The minimum Gasteiger partial charge on any atom is -0.393 e. The summed E-state index contributed by atoms with van der Waals surface area (Å²) in [7, 11) is 0. The lowest BCUT2D eigenvalue weighted by Gasteiger charge is -2.61. The summed E-state index contributed by atoms with van der Waals surface area (Å²) in [4.78, 5) is 0. The first kappa shape index (κ1) is 15.9. The maximum absolute atomic E-state index is 10.1. The van der Waals surface area contributed by atoms with Crippen LogP contribution in [0.15, 0.2) is 0 Å². The number of hydrogen-bond acceptors (Lipinski definition) is 2. The summed E-state index contributed by atoms with van der Waals surface area (Å²) < 4.78 is 0. The number of fused-ring (bicyclic) bond motifs is 5. The third-order valence-electron chi connectivity index (χ3n) is 9.17. The molecular formula is C21H33NO. The Morgan fingerprint density at radius 1 is 0.957 bits per heavy atom. The van der Waals surface area contributed by atoms with Crippen LogP contribution in [0, 0.1) is 51.8 Å². The van der Waals surface area contributed by atoms with Gasteiger partial charge in [0.15, 0.2) is 0 Å². The fourth-order valence-electron chi connectivity index (χ4n) is 7.79. The van der Waals surface area contributed by atoms with Gasteiger partial charge in [0.05, 0.1) is 12.2 Å². The van der Waals surface area contributed by atoms with Crippen molar-refractivity contribution in [3.05, 3.63) is 0 Å². The van der Waals surface area contributed by atoms with Gasteiger partial charge in [-0.05, 0) is 98.2 Å². The summed E-state index contributed by atoms with van der Waals surface area (Å²) in [5.74, 6) is 4.05. The fraction of sp³-hybridized carbons (Fsp3) is 0.952. The van der Waals surface area contributed by atoms with E-state index in [1.807, 2.05) is 0 Å². The number of aliphatic hydroxyl groups excluding tert-OH is 1. The second-order valence-corrected chi connectivity index (χ2v) is 9.77. The molecule has 0 radical (unpaired) electrons. The molecule has 8 atom stereocenters. The average molecular weight is 316 g/mol. The molecule has 0 aromatic carbocycles. The van der Waals surface area contributed by atoms with E-state index in [4.69, 9.17) is 0 Å². The molecule has 4 saturated carbocycles. The lowest BCUT2D eigenvalue weighted by molar-refractivity contribution is -0.126. The predicted molar refractivity (Wildman–Crippen MR) is 91.5 cm³/mol. The van der Waals surface area contributed by atoms with Gasteiger partial charge in [0.25, 0.3) is 0 Å². The summed E-state index contributed by atoms with van der Waals surface area (Å²) >= 11 is 0. The molecule has 2 heteroatoms. The van der Waals surface area contributed by atoms with Crippen molar-refractivity contribution in [1.82, 2.24) is 0 Å². The van der Waals surface area contributed by atoms with Crippen molar-refractivity contribution in [2.24, 2.45) is 40.4 Å². The normalized spacial score (nSPS) is 55.4. The van der Waals surface area contributed by atoms with E-state index < -0.39 is 0 Å². The van der Waals surface area contributed by atoms with Crippen molar-refractivity contribution in [3.63, 3.8) is 0 Å². The molecule has 23 heavy (non-hydrogen) atoms. The van der Waals surface area contributed by atoms with Gasteiger partial charge in [-0.25, -0.2) is 0 Å². The van der Waals surface area contributed by atoms with Crippen molar-refractivity contribution in [2.75, 3.05) is 0 Å². The summed E-state index contributed by atoms with van der Waals surface area (Å²) in [6.07, 6.45) is 12.2. The molecule has 4 fully saturated rings. The Morgan fingerprint density at radius 2 is 1.70 bits per heavy atom. The van der Waals surface area contributed by atoms with Gasteiger partial charge in [-0.15, -0.1) is 0 Å². The monoisotopic (exact) mass is 315 g/mol. The Balaban J connectivity index is 1.59. The van der Waals surface area contributed by atoms with Crippen molar-refractivity contribution >= 4 is 0 Å². The molecule has 0 spiro atoms. The van der Waals surface area contributed by atoms with E-state index in [9.17, 15) is 10.4 Å².